The van der Waals surface area contributed by atoms with Crippen LogP contribution in [0, 0.1) is 10.1 Å². The van der Waals surface area contributed by atoms with Gasteiger partial charge in [-0.15, -0.1) is 10.2 Å². The summed E-state index contributed by atoms with van der Waals surface area (Å²) in [6.07, 6.45) is 1.17. The minimum atomic E-state index is -0.517. The van der Waals surface area contributed by atoms with E-state index in [1.807, 2.05) is 0 Å². The molecular weight excluding hydrogens is 346 g/mol. The van der Waals surface area contributed by atoms with Gasteiger partial charge in [0.05, 0.1) is 4.92 Å². The summed E-state index contributed by atoms with van der Waals surface area (Å²) in [6, 6.07) is 9.81. The van der Waals surface area contributed by atoms with Gasteiger partial charge in [-0.3, -0.25) is 14.9 Å². The summed E-state index contributed by atoms with van der Waals surface area (Å²) in [4.78, 5) is 25.1. The number of nitrogens with one attached hydrogen (secondary N) is 1. The van der Waals surface area contributed by atoms with E-state index in [1.165, 1.54) is 25.3 Å². The Hall–Kier alpha value is -3.27. The average molecular weight is 357 g/mol. The summed E-state index contributed by atoms with van der Waals surface area (Å²) in [5, 5.41) is 21.9. The maximum absolute atomic E-state index is 11.0. The molecule has 9 nitrogen and oxygen atoms in total. The summed E-state index contributed by atoms with van der Waals surface area (Å²) < 4.78 is 5.55. The molecule has 0 radical (unpaired) electrons. The number of hydrogen-bond donors (Lipinski definition) is 1. The van der Waals surface area contributed by atoms with Gasteiger partial charge in [0, 0.05) is 24.2 Å². The third kappa shape index (κ3) is 4.18. The summed E-state index contributed by atoms with van der Waals surface area (Å²) in [5.74, 6) is 0.165. The molecule has 0 fully saturated rings. The standard InChI is InChI=1S/C15H11N5O4S/c1-9(21)17-11-4-2-10(3-5-11)14-18-19-15(24-14)25-13-7-6-12(8-16-13)20(22)23/h2-8H,1H3,(H,17,21). The van der Waals surface area contributed by atoms with E-state index >= 15 is 0 Å². The van der Waals surface area contributed by atoms with Crippen molar-refractivity contribution in [2.45, 2.75) is 17.2 Å². The van der Waals surface area contributed by atoms with Crippen LogP contribution in [-0.2, 0) is 4.79 Å². The molecule has 2 heterocycles. The summed E-state index contributed by atoms with van der Waals surface area (Å²) in [6.45, 7) is 1.43. The highest BCUT2D eigenvalue weighted by molar-refractivity contribution is 7.99. The molecule has 0 saturated heterocycles. The number of pyridine rings is 1. The molecule has 1 N–H and O–H groups in total. The zero-order valence-electron chi connectivity index (χ0n) is 12.9. The van der Waals surface area contributed by atoms with E-state index in [0.717, 1.165) is 11.8 Å². The Balaban J connectivity index is 1.71. The number of anilines is 1. The van der Waals surface area contributed by atoms with Crippen molar-refractivity contribution in [3.63, 3.8) is 0 Å². The first-order valence-corrected chi connectivity index (χ1v) is 7.83. The molecule has 0 aliphatic heterocycles. The third-order valence-corrected chi connectivity index (χ3v) is 3.77. The summed E-state index contributed by atoms with van der Waals surface area (Å²) in [7, 11) is 0. The highest BCUT2D eigenvalue weighted by atomic mass is 32.2. The van der Waals surface area contributed by atoms with Crippen molar-refractivity contribution in [3.05, 3.63) is 52.7 Å². The Bertz CT molecular complexity index is 908. The fraction of sp³-hybridized carbons (Fsp3) is 0.0667. The van der Waals surface area contributed by atoms with Crippen LogP contribution >= 0.6 is 11.8 Å². The van der Waals surface area contributed by atoms with E-state index in [0.29, 0.717) is 22.2 Å². The van der Waals surface area contributed by atoms with Crippen LogP contribution in [0.4, 0.5) is 11.4 Å². The van der Waals surface area contributed by atoms with E-state index in [2.05, 4.69) is 20.5 Å². The second-order valence-corrected chi connectivity index (χ2v) is 5.82. The number of carbonyl (C=O) groups excluding carboxylic acids is 1. The largest absolute Gasteiger partial charge is 0.411 e. The lowest BCUT2D eigenvalue weighted by Gasteiger charge is -2.01. The smallest absolute Gasteiger partial charge is 0.287 e. The first kappa shape index (κ1) is 16.6. The van der Waals surface area contributed by atoms with Gasteiger partial charge in [0.25, 0.3) is 10.9 Å². The lowest BCUT2D eigenvalue weighted by molar-refractivity contribution is -0.385. The number of nitrogens with zero attached hydrogens (tertiary/aromatic N) is 4. The maximum Gasteiger partial charge on any atom is 0.287 e. The minimum Gasteiger partial charge on any atom is -0.411 e. The number of amides is 1. The molecule has 126 valence electrons. The molecule has 0 aliphatic carbocycles. The van der Waals surface area contributed by atoms with Gasteiger partial charge < -0.3 is 9.73 Å². The first-order valence-electron chi connectivity index (χ1n) is 7.01. The average Bonchev–Trinajstić information content (AvgIpc) is 3.04. The summed E-state index contributed by atoms with van der Waals surface area (Å²) >= 11 is 1.10. The molecule has 0 bridgehead atoms. The molecule has 2 aromatic heterocycles. The van der Waals surface area contributed by atoms with Crippen LogP contribution in [0.5, 0.6) is 0 Å². The second-order valence-electron chi connectivity index (χ2n) is 4.85. The van der Waals surface area contributed by atoms with Gasteiger partial charge in [-0.2, -0.15) is 0 Å². The number of rotatable bonds is 5. The van der Waals surface area contributed by atoms with Crippen LogP contribution in [0.1, 0.15) is 6.92 Å². The molecule has 3 aromatic rings. The van der Waals surface area contributed by atoms with Crippen molar-refractivity contribution in [3.8, 4) is 11.5 Å². The van der Waals surface area contributed by atoms with Crippen LogP contribution < -0.4 is 5.32 Å². The Morgan fingerprint density at radius 1 is 1.20 bits per heavy atom. The molecule has 0 aliphatic rings. The first-order chi connectivity index (χ1) is 12.0. The quantitative estimate of drug-likeness (QED) is 0.545. The fourth-order valence-electron chi connectivity index (χ4n) is 1.90. The molecule has 10 heteroatoms. The molecule has 1 amide bonds. The molecule has 0 spiro atoms. The zero-order valence-corrected chi connectivity index (χ0v) is 13.7. The molecule has 3 rings (SSSR count). The van der Waals surface area contributed by atoms with Crippen LogP contribution in [-0.4, -0.2) is 26.0 Å². The van der Waals surface area contributed by atoms with Gasteiger partial charge in [-0.05, 0) is 42.1 Å². The third-order valence-electron chi connectivity index (χ3n) is 2.98. The molecule has 0 unspecified atom stereocenters. The van der Waals surface area contributed by atoms with Gasteiger partial charge in [0.15, 0.2) is 0 Å². The Labute approximate surface area is 145 Å². The van der Waals surface area contributed by atoms with E-state index in [9.17, 15) is 14.9 Å². The van der Waals surface area contributed by atoms with E-state index in [1.54, 1.807) is 24.3 Å². The van der Waals surface area contributed by atoms with Gasteiger partial charge >= 0.3 is 0 Å². The Kier molecular flexibility index (Phi) is 4.70. The van der Waals surface area contributed by atoms with Crippen molar-refractivity contribution in [2.24, 2.45) is 0 Å². The topological polar surface area (TPSA) is 124 Å². The van der Waals surface area contributed by atoms with Gasteiger partial charge in [0.1, 0.15) is 11.2 Å². The normalized spacial score (nSPS) is 10.4. The van der Waals surface area contributed by atoms with Gasteiger partial charge in [-0.25, -0.2) is 4.98 Å². The SMILES string of the molecule is CC(=O)Nc1ccc(-c2nnc(Sc3ccc([N+](=O)[O-])cn3)o2)cc1. The molecule has 25 heavy (non-hydrogen) atoms. The summed E-state index contributed by atoms with van der Waals surface area (Å²) in [5.41, 5.74) is 1.28. The predicted molar refractivity (Wildman–Crippen MR) is 89.1 cm³/mol. The van der Waals surface area contributed by atoms with Crippen LogP contribution in [0.15, 0.2) is 57.3 Å². The van der Waals surface area contributed by atoms with Crippen molar-refractivity contribution < 1.29 is 14.1 Å². The molecular formula is C15H11N5O4S. The van der Waals surface area contributed by atoms with Gasteiger partial charge in [0.2, 0.25) is 11.8 Å². The van der Waals surface area contributed by atoms with E-state index < -0.39 is 4.92 Å². The zero-order chi connectivity index (χ0) is 17.8. The highest BCUT2D eigenvalue weighted by Crippen LogP contribution is 2.29. The molecule has 0 atom stereocenters. The predicted octanol–water partition coefficient (Wildman–Crippen LogP) is 3.15. The lowest BCUT2D eigenvalue weighted by atomic mass is 10.2. The lowest BCUT2D eigenvalue weighted by Crippen LogP contribution is -2.05. The maximum atomic E-state index is 11.0. The van der Waals surface area contributed by atoms with Crippen molar-refractivity contribution in [1.82, 2.24) is 15.2 Å². The van der Waals surface area contributed by atoms with E-state index in [-0.39, 0.29) is 16.8 Å². The number of benzene rings is 1. The van der Waals surface area contributed by atoms with Gasteiger partial charge in [-0.1, -0.05) is 0 Å². The van der Waals surface area contributed by atoms with Crippen molar-refractivity contribution >= 4 is 29.0 Å². The number of carbonyl (C=O) groups is 1. The molecule has 1 aromatic carbocycles. The number of hydrogen-bond acceptors (Lipinski definition) is 8. The van der Waals surface area contributed by atoms with Crippen molar-refractivity contribution in [1.29, 1.82) is 0 Å². The molecule has 0 saturated carbocycles. The second kappa shape index (κ2) is 7.09. The van der Waals surface area contributed by atoms with Crippen molar-refractivity contribution in [2.75, 3.05) is 5.32 Å². The van der Waals surface area contributed by atoms with Crippen LogP contribution in [0.25, 0.3) is 11.5 Å². The van der Waals surface area contributed by atoms with Crippen LogP contribution in [0.2, 0.25) is 0 Å². The highest BCUT2D eigenvalue weighted by Gasteiger charge is 2.12. The van der Waals surface area contributed by atoms with E-state index in [4.69, 9.17) is 4.42 Å². The Morgan fingerprint density at radius 2 is 1.96 bits per heavy atom. The number of aromatic nitrogens is 3. The number of nitro groups is 1. The Morgan fingerprint density at radius 3 is 2.56 bits per heavy atom. The van der Waals surface area contributed by atoms with Crippen LogP contribution in [0.3, 0.4) is 0 Å². The minimum absolute atomic E-state index is 0.0881. The monoisotopic (exact) mass is 357 g/mol. The fourth-order valence-corrected chi connectivity index (χ4v) is 2.52.